The van der Waals surface area contributed by atoms with Gasteiger partial charge < -0.3 is 14.2 Å². The molecule has 6 heteroatoms. The van der Waals surface area contributed by atoms with Crippen LogP contribution in [0, 0.1) is 0 Å². The zero-order chi connectivity index (χ0) is 58.5. The highest BCUT2D eigenvalue weighted by Gasteiger charge is 2.19. The lowest BCUT2D eigenvalue weighted by atomic mass is 10.1. The van der Waals surface area contributed by atoms with E-state index in [0.29, 0.717) is 19.3 Å². The fraction of sp³-hybridized carbons (Fsp3) is 0.613. The number of carbonyl (C=O) groups excluding carboxylic acids is 3. The van der Waals surface area contributed by atoms with Crippen LogP contribution in [-0.2, 0) is 28.6 Å². The molecule has 0 bridgehead atoms. The molecule has 0 rings (SSSR count). The molecule has 456 valence electrons. The molecule has 0 aromatic heterocycles. The molecule has 0 fully saturated rings. The van der Waals surface area contributed by atoms with Gasteiger partial charge in [-0.25, -0.2) is 0 Å². The number of hydrogen-bond donors (Lipinski definition) is 0. The first-order chi connectivity index (χ1) is 40.0. The largest absolute Gasteiger partial charge is 0.462 e. The molecule has 0 aromatic carbocycles. The van der Waals surface area contributed by atoms with E-state index in [1.165, 1.54) is 64.2 Å². The Balaban J connectivity index is 4.47. The maximum absolute atomic E-state index is 12.9. The predicted molar refractivity (Wildman–Crippen MR) is 352 cm³/mol. The van der Waals surface area contributed by atoms with Crippen molar-refractivity contribution in [3.8, 4) is 0 Å². The molecule has 0 saturated carbocycles. The standard InChI is InChI=1S/C75H120O6/c1-4-7-10-13-16-19-22-25-28-31-33-34-35-36-37-38-39-40-42-44-47-50-53-56-59-62-65-68-74(77)80-71-72(70-79-73(76)67-64-61-58-55-52-49-46-43-30-27-24-21-18-15-12-9-6-3)81-75(78)69-66-63-60-57-54-51-48-45-41-32-29-26-23-20-17-14-11-8-5-2/h7-8,10-11,16-21,25-30,33-34,36-37,39-41,44-45,47,72H,4-6,9,12-15,22-24,31-32,35,38,42-43,46,48-71H2,1-3H3/b10-7-,11-8-,19-16-,20-17-,21-18-,28-25-,29-26-,30-27-,34-33-,37-36-,40-39-,45-41-,47-44-. The Labute approximate surface area is 499 Å². The van der Waals surface area contributed by atoms with Crippen LogP contribution in [0.15, 0.2) is 158 Å². The van der Waals surface area contributed by atoms with Crippen LogP contribution < -0.4 is 0 Å². The van der Waals surface area contributed by atoms with Gasteiger partial charge in [0.1, 0.15) is 13.2 Å². The fourth-order valence-corrected chi connectivity index (χ4v) is 8.62. The third-order valence-electron chi connectivity index (χ3n) is 13.5. The maximum Gasteiger partial charge on any atom is 0.306 e. The molecule has 0 aliphatic heterocycles. The monoisotopic (exact) mass is 1120 g/mol. The van der Waals surface area contributed by atoms with Crippen molar-refractivity contribution in [2.45, 2.75) is 284 Å². The molecule has 0 aromatic rings. The molecule has 0 radical (unpaired) electrons. The van der Waals surface area contributed by atoms with Gasteiger partial charge in [-0.3, -0.25) is 14.4 Å². The summed E-state index contributed by atoms with van der Waals surface area (Å²) in [5, 5.41) is 0. The van der Waals surface area contributed by atoms with Crippen molar-refractivity contribution in [1.82, 2.24) is 0 Å². The van der Waals surface area contributed by atoms with Crippen molar-refractivity contribution in [1.29, 1.82) is 0 Å². The van der Waals surface area contributed by atoms with Gasteiger partial charge in [0, 0.05) is 19.3 Å². The lowest BCUT2D eigenvalue weighted by Gasteiger charge is -2.18. The van der Waals surface area contributed by atoms with Gasteiger partial charge in [-0.2, -0.15) is 0 Å². The number of carbonyl (C=O) groups is 3. The zero-order valence-electron chi connectivity index (χ0n) is 52.2. The lowest BCUT2D eigenvalue weighted by Crippen LogP contribution is -2.30. The highest BCUT2D eigenvalue weighted by atomic mass is 16.6. The minimum Gasteiger partial charge on any atom is -0.462 e. The minimum atomic E-state index is -0.807. The lowest BCUT2D eigenvalue weighted by molar-refractivity contribution is -0.167. The molecular formula is C75H120O6. The van der Waals surface area contributed by atoms with Crippen molar-refractivity contribution in [3.05, 3.63) is 158 Å². The Bertz CT molecular complexity index is 1810. The summed E-state index contributed by atoms with van der Waals surface area (Å²) in [5.41, 5.74) is 0. The van der Waals surface area contributed by atoms with Gasteiger partial charge in [0.2, 0.25) is 0 Å². The van der Waals surface area contributed by atoms with Crippen LogP contribution in [0.5, 0.6) is 0 Å². The molecule has 0 heterocycles. The third kappa shape index (κ3) is 65.7. The van der Waals surface area contributed by atoms with Gasteiger partial charge in [-0.05, 0) is 148 Å². The third-order valence-corrected chi connectivity index (χ3v) is 13.5. The van der Waals surface area contributed by atoms with E-state index >= 15 is 0 Å². The number of rotatable bonds is 58. The van der Waals surface area contributed by atoms with Crippen molar-refractivity contribution in [2.24, 2.45) is 0 Å². The normalized spacial score (nSPS) is 13.2. The Hall–Kier alpha value is -4.97. The van der Waals surface area contributed by atoms with Crippen molar-refractivity contribution >= 4 is 17.9 Å². The first kappa shape index (κ1) is 76.0. The smallest absolute Gasteiger partial charge is 0.306 e. The first-order valence-corrected chi connectivity index (χ1v) is 33.0. The predicted octanol–water partition coefficient (Wildman–Crippen LogP) is 22.9. The molecule has 0 N–H and O–H groups in total. The number of esters is 3. The van der Waals surface area contributed by atoms with Crippen LogP contribution in [0.2, 0.25) is 0 Å². The summed E-state index contributed by atoms with van der Waals surface area (Å²) in [7, 11) is 0. The zero-order valence-corrected chi connectivity index (χ0v) is 52.2. The van der Waals surface area contributed by atoms with Gasteiger partial charge in [0.15, 0.2) is 6.10 Å². The average Bonchev–Trinajstić information content (AvgIpc) is 3.47. The average molecular weight is 1120 g/mol. The Morgan fingerprint density at radius 1 is 0.259 bits per heavy atom. The molecule has 6 nitrogen and oxygen atoms in total. The van der Waals surface area contributed by atoms with Crippen molar-refractivity contribution < 1.29 is 28.6 Å². The number of allylic oxidation sites excluding steroid dienone is 26. The fourth-order valence-electron chi connectivity index (χ4n) is 8.62. The van der Waals surface area contributed by atoms with Gasteiger partial charge in [-0.1, -0.05) is 269 Å². The Morgan fingerprint density at radius 2 is 0.481 bits per heavy atom. The summed E-state index contributed by atoms with van der Waals surface area (Å²) in [4.78, 5) is 38.4. The first-order valence-electron chi connectivity index (χ1n) is 33.0. The molecule has 81 heavy (non-hydrogen) atoms. The van der Waals surface area contributed by atoms with E-state index in [-0.39, 0.29) is 31.1 Å². The molecule has 0 spiro atoms. The summed E-state index contributed by atoms with van der Waals surface area (Å²) in [6.07, 6.45) is 98.1. The molecule has 1 unspecified atom stereocenters. The number of ether oxygens (including phenoxy) is 3. The quantitative estimate of drug-likeness (QED) is 0.0261. The van der Waals surface area contributed by atoms with Crippen molar-refractivity contribution in [3.63, 3.8) is 0 Å². The van der Waals surface area contributed by atoms with E-state index in [1.54, 1.807) is 0 Å². The highest BCUT2D eigenvalue weighted by Crippen LogP contribution is 2.14. The van der Waals surface area contributed by atoms with E-state index in [2.05, 4.69) is 179 Å². The molecule has 0 aliphatic rings. The molecule has 1 atom stereocenters. The van der Waals surface area contributed by atoms with E-state index in [9.17, 15) is 14.4 Å². The number of hydrogen-bond acceptors (Lipinski definition) is 6. The second-order valence-electron chi connectivity index (χ2n) is 21.3. The van der Waals surface area contributed by atoms with Crippen LogP contribution in [0.1, 0.15) is 278 Å². The van der Waals surface area contributed by atoms with Crippen LogP contribution in [0.25, 0.3) is 0 Å². The van der Waals surface area contributed by atoms with Gasteiger partial charge in [-0.15, -0.1) is 0 Å². The van der Waals surface area contributed by atoms with E-state index < -0.39 is 6.10 Å². The van der Waals surface area contributed by atoms with Crippen LogP contribution in [0.3, 0.4) is 0 Å². The van der Waals surface area contributed by atoms with Crippen molar-refractivity contribution in [2.75, 3.05) is 13.2 Å². The molecule has 0 amide bonds. The summed E-state index contributed by atoms with van der Waals surface area (Å²) in [6, 6.07) is 0. The van der Waals surface area contributed by atoms with E-state index in [1.807, 2.05) is 0 Å². The van der Waals surface area contributed by atoms with E-state index in [0.717, 1.165) is 173 Å². The van der Waals surface area contributed by atoms with Gasteiger partial charge >= 0.3 is 17.9 Å². The topological polar surface area (TPSA) is 78.9 Å². The second-order valence-corrected chi connectivity index (χ2v) is 21.3. The summed E-state index contributed by atoms with van der Waals surface area (Å²) in [6.45, 7) is 6.36. The van der Waals surface area contributed by atoms with E-state index in [4.69, 9.17) is 14.2 Å². The number of unbranched alkanes of at least 4 members (excludes halogenated alkanes) is 21. The highest BCUT2D eigenvalue weighted by molar-refractivity contribution is 5.71. The van der Waals surface area contributed by atoms with Gasteiger partial charge in [0.25, 0.3) is 0 Å². The second kappa shape index (κ2) is 67.5. The van der Waals surface area contributed by atoms with Crippen LogP contribution in [0.4, 0.5) is 0 Å². The SMILES string of the molecule is CC/C=C\C/C=C\C/C=C\C/C=C\C/C=C\C/C=C\C/C=C\CCCCCCCC(=O)OCC(COC(=O)CCCCCCCCC/C=C\C/C=C\CCCCC)OC(=O)CCCCCCCC/C=C\C/C=C\C/C=C\C/C=C\CC. The molecule has 0 saturated heterocycles. The summed E-state index contributed by atoms with van der Waals surface area (Å²) >= 11 is 0. The van der Waals surface area contributed by atoms with Crippen LogP contribution in [-0.4, -0.2) is 37.2 Å². The maximum atomic E-state index is 12.9. The molecular weight excluding hydrogens is 997 g/mol. The van der Waals surface area contributed by atoms with Gasteiger partial charge in [0.05, 0.1) is 0 Å². The Morgan fingerprint density at radius 3 is 0.753 bits per heavy atom. The minimum absolute atomic E-state index is 0.101. The summed E-state index contributed by atoms with van der Waals surface area (Å²) < 4.78 is 16.9. The van der Waals surface area contributed by atoms with Crippen LogP contribution >= 0.6 is 0 Å². The Kier molecular flexibility index (Phi) is 63.4. The molecule has 0 aliphatic carbocycles. The summed E-state index contributed by atoms with van der Waals surface area (Å²) in [5.74, 6) is -0.942.